The average molecular weight is 357 g/mol. The summed E-state index contributed by atoms with van der Waals surface area (Å²) in [6.07, 6.45) is 0.216. The molecule has 0 radical (unpaired) electrons. The highest BCUT2D eigenvalue weighted by Gasteiger charge is 2.15. The van der Waals surface area contributed by atoms with Gasteiger partial charge >= 0.3 is 5.97 Å². The zero-order valence-corrected chi connectivity index (χ0v) is 12.1. The van der Waals surface area contributed by atoms with E-state index in [-0.39, 0.29) is 18.4 Å². The van der Waals surface area contributed by atoms with E-state index >= 15 is 0 Å². The standard InChI is InChI=1S/C9H11Br2NO2S/c1-2-14-8(13)4-6(12)7-3-5(10)9(11)15-7/h3,6H,2,4,12H2,1H3/t6-/m1/s1. The first kappa shape index (κ1) is 13.2. The van der Waals surface area contributed by atoms with Crippen molar-refractivity contribution < 1.29 is 9.53 Å². The molecule has 3 nitrogen and oxygen atoms in total. The molecule has 0 aliphatic rings. The Labute approximate surface area is 109 Å². The molecule has 1 aromatic rings. The highest BCUT2D eigenvalue weighted by atomic mass is 79.9. The third kappa shape index (κ3) is 3.86. The summed E-state index contributed by atoms with van der Waals surface area (Å²) in [6, 6.07) is 1.62. The minimum Gasteiger partial charge on any atom is -0.466 e. The van der Waals surface area contributed by atoms with Crippen LogP contribution in [0.2, 0.25) is 0 Å². The monoisotopic (exact) mass is 355 g/mol. The number of ether oxygens (including phenoxy) is 1. The maximum absolute atomic E-state index is 11.2. The van der Waals surface area contributed by atoms with Gasteiger partial charge in [0.15, 0.2) is 0 Å². The lowest BCUT2D eigenvalue weighted by Crippen LogP contribution is -2.16. The van der Waals surface area contributed by atoms with Gasteiger partial charge in [-0.15, -0.1) is 11.3 Å². The molecular formula is C9H11Br2NO2S. The number of carbonyl (C=O) groups excluding carboxylic acids is 1. The molecule has 1 heterocycles. The van der Waals surface area contributed by atoms with Crippen LogP contribution >= 0.6 is 43.2 Å². The third-order valence-electron chi connectivity index (χ3n) is 1.72. The van der Waals surface area contributed by atoms with E-state index in [1.54, 1.807) is 6.92 Å². The molecule has 0 aliphatic heterocycles. The second-order valence-electron chi connectivity index (χ2n) is 2.89. The van der Waals surface area contributed by atoms with E-state index in [2.05, 4.69) is 31.9 Å². The summed E-state index contributed by atoms with van der Waals surface area (Å²) in [5.74, 6) is -0.259. The summed E-state index contributed by atoms with van der Waals surface area (Å²) >= 11 is 8.27. The Morgan fingerprint density at radius 2 is 2.33 bits per heavy atom. The molecule has 0 bridgehead atoms. The molecule has 6 heteroatoms. The fourth-order valence-electron chi connectivity index (χ4n) is 1.05. The van der Waals surface area contributed by atoms with Crippen molar-refractivity contribution in [3.05, 3.63) is 19.2 Å². The van der Waals surface area contributed by atoms with E-state index < -0.39 is 0 Å². The number of rotatable bonds is 4. The van der Waals surface area contributed by atoms with Gasteiger partial charge < -0.3 is 10.5 Å². The van der Waals surface area contributed by atoms with Crippen molar-refractivity contribution in [3.8, 4) is 0 Å². The molecule has 0 amide bonds. The second-order valence-corrected chi connectivity index (χ2v) is 6.14. The summed E-state index contributed by atoms with van der Waals surface area (Å²) in [4.78, 5) is 12.2. The lowest BCUT2D eigenvalue weighted by atomic mass is 10.2. The number of esters is 1. The second kappa shape index (κ2) is 5.98. The topological polar surface area (TPSA) is 52.3 Å². The zero-order chi connectivity index (χ0) is 11.4. The number of halogens is 2. The minimum atomic E-state index is -0.295. The van der Waals surface area contributed by atoms with Crippen molar-refractivity contribution in [2.24, 2.45) is 5.73 Å². The molecule has 0 saturated carbocycles. The molecule has 0 fully saturated rings. The predicted molar refractivity (Wildman–Crippen MR) is 67.9 cm³/mol. The van der Waals surface area contributed by atoms with E-state index in [4.69, 9.17) is 10.5 Å². The van der Waals surface area contributed by atoms with Crippen molar-refractivity contribution in [2.45, 2.75) is 19.4 Å². The highest BCUT2D eigenvalue weighted by molar-refractivity contribution is 9.13. The van der Waals surface area contributed by atoms with Gasteiger partial charge in [-0.3, -0.25) is 4.79 Å². The van der Waals surface area contributed by atoms with E-state index in [1.807, 2.05) is 6.07 Å². The first-order valence-corrected chi connectivity index (χ1v) is 6.80. The molecule has 84 valence electrons. The van der Waals surface area contributed by atoms with E-state index in [1.165, 1.54) is 11.3 Å². The van der Waals surface area contributed by atoms with E-state index in [0.717, 1.165) is 13.1 Å². The summed E-state index contributed by atoms with van der Waals surface area (Å²) in [6.45, 7) is 2.17. The molecule has 1 aromatic heterocycles. The summed E-state index contributed by atoms with van der Waals surface area (Å²) in [7, 11) is 0. The summed E-state index contributed by atoms with van der Waals surface area (Å²) in [5, 5.41) is 0. The number of hydrogen-bond acceptors (Lipinski definition) is 4. The van der Waals surface area contributed by atoms with Crippen LogP contribution in [-0.2, 0) is 9.53 Å². The van der Waals surface area contributed by atoms with E-state index in [9.17, 15) is 4.79 Å². The van der Waals surface area contributed by atoms with Gasteiger partial charge in [-0.05, 0) is 44.8 Å². The molecule has 2 N–H and O–H groups in total. The molecule has 1 rings (SSSR count). The maximum Gasteiger partial charge on any atom is 0.307 e. The van der Waals surface area contributed by atoms with Gasteiger partial charge in [0, 0.05) is 15.4 Å². The fraction of sp³-hybridized carbons (Fsp3) is 0.444. The largest absolute Gasteiger partial charge is 0.466 e. The van der Waals surface area contributed by atoms with Gasteiger partial charge in [-0.2, -0.15) is 0 Å². The Kier molecular flexibility index (Phi) is 5.25. The Bertz CT molecular complexity index is 334. The van der Waals surface area contributed by atoms with Gasteiger partial charge in [0.05, 0.1) is 16.8 Å². The number of carbonyl (C=O) groups is 1. The van der Waals surface area contributed by atoms with Crippen molar-refractivity contribution in [1.82, 2.24) is 0 Å². The fourth-order valence-corrected chi connectivity index (χ4v) is 3.14. The first-order chi connectivity index (χ1) is 7.04. The predicted octanol–water partition coefficient (Wildman–Crippen LogP) is 3.23. The lowest BCUT2D eigenvalue weighted by molar-refractivity contribution is -0.143. The van der Waals surface area contributed by atoms with Crippen LogP contribution in [0.3, 0.4) is 0 Å². The van der Waals surface area contributed by atoms with Crippen LogP contribution in [0.5, 0.6) is 0 Å². The lowest BCUT2D eigenvalue weighted by Gasteiger charge is -2.07. The first-order valence-electron chi connectivity index (χ1n) is 4.40. The molecule has 0 aliphatic carbocycles. The van der Waals surface area contributed by atoms with Gasteiger partial charge in [0.25, 0.3) is 0 Å². The van der Waals surface area contributed by atoms with Gasteiger partial charge in [0.2, 0.25) is 0 Å². The molecule has 0 aromatic carbocycles. The molecule has 15 heavy (non-hydrogen) atoms. The maximum atomic E-state index is 11.2. The number of hydrogen-bond donors (Lipinski definition) is 1. The van der Waals surface area contributed by atoms with Crippen LogP contribution < -0.4 is 5.73 Å². The van der Waals surface area contributed by atoms with Gasteiger partial charge in [-0.1, -0.05) is 0 Å². The summed E-state index contributed by atoms with van der Waals surface area (Å²) in [5.41, 5.74) is 5.88. The van der Waals surface area contributed by atoms with Crippen LogP contribution in [0.4, 0.5) is 0 Å². The Morgan fingerprint density at radius 1 is 1.67 bits per heavy atom. The Hall–Kier alpha value is 0.0900. The Morgan fingerprint density at radius 3 is 2.80 bits per heavy atom. The van der Waals surface area contributed by atoms with Crippen molar-refractivity contribution in [3.63, 3.8) is 0 Å². The molecule has 0 unspecified atom stereocenters. The van der Waals surface area contributed by atoms with Crippen molar-refractivity contribution in [2.75, 3.05) is 6.61 Å². The Balaban J connectivity index is 2.60. The van der Waals surface area contributed by atoms with Crippen LogP contribution in [-0.4, -0.2) is 12.6 Å². The molecule has 0 saturated heterocycles. The molecule has 1 atom stereocenters. The third-order valence-corrected chi connectivity index (χ3v) is 5.11. The van der Waals surface area contributed by atoms with E-state index in [0.29, 0.717) is 6.61 Å². The van der Waals surface area contributed by atoms with Crippen LogP contribution in [0.1, 0.15) is 24.3 Å². The highest BCUT2D eigenvalue weighted by Crippen LogP contribution is 2.35. The zero-order valence-electron chi connectivity index (χ0n) is 8.13. The van der Waals surface area contributed by atoms with Gasteiger partial charge in [-0.25, -0.2) is 0 Å². The smallest absolute Gasteiger partial charge is 0.307 e. The van der Waals surface area contributed by atoms with Crippen LogP contribution in [0.25, 0.3) is 0 Å². The molecule has 0 spiro atoms. The van der Waals surface area contributed by atoms with Crippen LogP contribution in [0, 0.1) is 0 Å². The quantitative estimate of drug-likeness (QED) is 0.842. The van der Waals surface area contributed by atoms with Gasteiger partial charge in [0.1, 0.15) is 0 Å². The number of thiophene rings is 1. The summed E-state index contributed by atoms with van der Waals surface area (Å²) < 4.78 is 6.78. The SMILES string of the molecule is CCOC(=O)C[C@@H](N)c1cc(Br)c(Br)s1. The minimum absolute atomic E-state index is 0.216. The van der Waals surface area contributed by atoms with Crippen LogP contribution in [0.15, 0.2) is 14.3 Å². The normalized spacial score (nSPS) is 12.5. The van der Waals surface area contributed by atoms with Crippen molar-refractivity contribution >= 4 is 49.2 Å². The molecular weight excluding hydrogens is 346 g/mol. The van der Waals surface area contributed by atoms with Crippen molar-refractivity contribution in [1.29, 1.82) is 0 Å². The average Bonchev–Trinajstić information content (AvgIpc) is 2.47. The number of nitrogens with two attached hydrogens (primary N) is 1.